The highest BCUT2D eigenvalue weighted by atomic mass is 16.5. The van der Waals surface area contributed by atoms with E-state index < -0.39 is 0 Å². The van der Waals surface area contributed by atoms with Crippen LogP contribution in [0.1, 0.15) is 30.0 Å². The van der Waals surface area contributed by atoms with Gasteiger partial charge in [0.2, 0.25) is 0 Å². The summed E-state index contributed by atoms with van der Waals surface area (Å²) in [6, 6.07) is 14.4. The summed E-state index contributed by atoms with van der Waals surface area (Å²) < 4.78 is 7.48. The first kappa shape index (κ1) is 14.6. The Labute approximate surface area is 130 Å². The maximum Gasteiger partial charge on any atom is 0.137 e. The summed E-state index contributed by atoms with van der Waals surface area (Å²) in [5.74, 6) is 0. The third-order valence-electron chi connectivity index (χ3n) is 3.93. The molecule has 1 atom stereocenters. The summed E-state index contributed by atoms with van der Waals surface area (Å²) in [5.41, 5.74) is 5.44. The lowest BCUT2D eigenvalue weighted by molar-refractivity contribution is 0.119. The predicted octanol–water partition coefficient (Wildman–Crippen LogP) is 3.96. The third kappa shape index (κ3) is 2.97. The van der Waals surface area contributed by atoms with Gasteiger partial charge in [0.25, 0.3) is 0 Å². The van der Waals surface area contributed by atoms with E-state index >= 15 is 0 Å². The highest BCUT2D eigenvalue weighted by molar-refractivity contribution is 5.47. The minimum atomic E-state index is 0.0968. The average Bonchev–Trinajstić information content (AvgIpc) is 2.97. The van der Waals surface area contributed by atoms with E-state index in [4.69, 9.17) is 4.74 Å². The maximum absolute atomic E-state index is 5.36. The van der Waals surface area contributed by atoms with Gasteiger partial charge in [-0.2, -0.15) is 0 Å². The zero-order chi connectivity index (χ0) is 15.5. The number of benzene rings is 1. The number of anilines is 1. The number of nitrogens with zero attached hydrogens (tertiary/aromatic N) is 2. The molecule has 0 saturated heterocycles. The smallest absolute Gasteiger partial charge is 0.137 e. The van der Waals surface area contributed by atoms with Crippen molar-refractivity contribution in [2.24, 2.45) is 0 Å². The fourth-order valence-electron chi connectivity index (χ4n) is 2.51. The molecule has 0 radical (unpaired) electrons. The molecule has 0 aliphatic carbocycles. The lowest BCUT2D eigenvalue weighted by Crippen LogP contribution is -2.01. The van der Waals surface area contributed by atoms with Crippen molar-refractivity contribution in [3.05, 3.63) is 65.6 Å². The molecule has 2 heterocycles. The molecule has 1 aromatic carbocycles. The summed E-state index contributed by atoms with van der Waals surface area (Å²) in [6.45, 7) is 4.83. The van der Waals surface area contributed by atoms with Crippen molar-refractivity contribution in [1.82, 2.24) is 9.38 Å². The largest absolute Gasteiger partial charge is 0.379 e. The van der Waals surface area contributed by atoms with Crippen LogP contribution in [0.2, 0.25) is 0 Å². The molecule has 2 aromatic heterocycles. The van der Waals surface area contributed by atoms with Crippen molar-refractivity contribution in [2.45, 2.75) is 26.5 Å². The fourth-order valence-corrected chi connectivity index (χ4v) is 2.51. The van der Waals surface area contributed by atoms with E-state index in [0.29, 0.717) is 6.54 Å². The summed E-state index contributed by atoms with van der Waals surface area (Å²) in [4.78, 5) is 4.64. The monoisotopic (exact) mass is 295 g/mol. The van der Waals surface area contributed by atoms with Crippen molar-refractivity contribution >= 4 is 11.3 Å². The molecule has 0 spiro atoms. The molecule has 0 aliphatic rings. The van der Waals surface area contributed by atoms with E-state index in [-0.39, 0.29) is 6.10 Å². The molecular weight excluding hydrogens is 274 g/mol. The number of aryl methyl sites for hydroxylation is 1. The molecule has 1 N–H and O–H groups in total. The number of rotatable bonds is 5. The van der Waals surface area contributed by atoms with Crippen molar-refractivity contribution in [1.29, 1.82) is 0 Å². The normalized spacial score (nSPS) is 12.5. The van der Waals surface area contributed by atoms with E-state index in [1.54, 1.807) is 7.11 Å². The fraction of sp³-hybridized carbons (Fsp3) is 0.278. The lowest BCUT2D eigenvalue weighted by atomic mass is 10.1. The molecule has 4 heteroatoms. The van der Waals surface area contributed by atoms with Gasteiger partial charge in [0.05, 0.1) is 18.3 Å². The number of methoxy groups -OCH3 is 1. The van der Waals surface area contributed by atoms with E-state index in [1.165, 1.54) is 11.3 Å². The molecule has 0 aliphatic heterocycles. The lowest BCUT2D eigenvalue weighted by Gasteiger charge is -2.12. The summed E-state index contributed by atoms with van der Waals surface area (Å²) in [7, 11) is 1.73. The quantitative estimate of drug-likeness (QED) is 0.774. The molecule has 0 bridgehead atoms. The van der Waals surface area contributed by atoms with E-state index in [1.807, 2.05) is 25.1 Å². The highest BCUT2D eigenvalue weighted by Crippen LogP contribution is 2.20. The molecule has 4 nitrogen and oxygen atoms in total. The van der Waals surface area contributed by atoms with Gasteiger partial charge < -0.3 is 14.5 Å². The van der Waals surface area contributed by atoms with Gasteiger partial charge in [-0.3, -0.25) is 0 Å². The molecule has 3 aromatic rings. The first-order valence-electron chi connectivity index (χ1n) is 7.47. The van der Waals surface area contributed by atoms with Gasteiger partial charge in [-0.25, -0.2) is 4.98 Å². The van der Waals surface area contributed by atoms with Crippen LogP contribution < -0.4 is 5.32 Å². The number of pyridine rings is 1. The van der Waals surface area contributed by atoms with Gasteiger partial charge in [-0.15, -0.1) is 0 Å². The Morgan fingerprint density at radius 1 is 1.23 bits per heavy atom. The Morgan fingerprint density at radius 3 is 2.82 bits per heavy atom. The van der Waals surface area contributed by atoms with Crippen LogP contribution in [-0.4, -0.2) is 16.5 Å². The van der Waals surface area contributed by atoms with Crippen LogP contribution in [0.15, 0.2) is 48.7 Å². The summed E-state index contributed by atoms with van der Waals surface area (Å²) >= 11 is 0. The molecule has 3 rings (SSSR count). The topological polar surface area (TPSA) is 38.6 Å². The Hall–Kier alpha value is -2.33. The first-order chi connectivity index (χ1) is 10.7. The summed E-state index contributed by atoms with van der Waals surface area (Å²) in [6.07, 6.45) is 2.18. The van der Waals surface area contributed by atoms with Crippen LogP contribution in [0.25, 0.3) is 5.65 Å². The number of fused-ring (bicyclic) bond motifs is 1. The second kappa shape index (κ2) is 6.20. The third-order valence-corrected chi connectivity index (χ3v) is 3.93. The Bertz CT molecular complexity index is 779. The van der Waals surface area contributed by atoms with Crippen LogP contribution in [0.5, 0.6) is 0 Å². The molecule has 0 fully saturated rings. The average molecular weight is 295 g/mol. The number of nitrogens with one attached hydrogen (secondary N) is 1. The maximum atomic E-state index is 5.36. The Balaban J connectivity index is 1.75. The minimum absolute atomic E-state index is 0.0968. The van der Waals surface area contributed by atoms with Crippen molar-refractivity contribution in [3.8, 4) is 0 Å². The Morgan fingerprint density at radius 2 is 2.05 bits per heavy atom. The second-order valence-corrected chi connectivity index (χ2v) is 5.48. The van der Waals surface area contributed by atoms with Gasteiger partial charge >= 0.3 is 0 Å². The van der Waals surface area contributed by atoms with Crippen LogP contribution in [0, 0.1) is 6.92 Å². The van der Waals surface area contributed by atoms with Crippen molar-refractivity contribution < 1.29 is 4.74 Å². The predicted molar refractivity (Wildman–Crippen MR) is 89.1 cm³/mol. The Kier molecular flexibility index (Phi) is 4.11. The molecular formula is C18H21N3O. The van der Waals surface area contributed by atoms with Gasteiger partial charge in [0, 0.05) is 24.7 Å². The van der Waals surface area contributed by atoms with Crippen LogP contribution >= 0.6 is 0 Å². The molecule has 22 heavy (non-hydrogen) atoms. The van der Waals surface area contributed by atoms with E-state index in [2.05, 4.69) is 52.1 Å². The van der Waals surface area contributed by atoms with Crippen molar-refractivity contribution in [3.63, 3.8) is 0 Å². The highest BCUT2D eigenvalue weighted by Gasteiger charge is 2.06. The van der Waals surface area contributed by atoms with Crippen LogP contribution in [-0.2, 0) is 11.3 Å². The molecule has 0 unspecified atom stereocenters. The zero-order valence-corrected chi connectivity index (χ0v) is 13.2. The van der Waals surface area contributed by atoms with Crippen molar-refractivity contribution in [2.75, 3.05) is 12.4 Å². The molecule has 114 valence electrons. The molecule has 0 saturated carbocycles. The van der Waals surface area contributed by atoms with E-state index in [0.717, 1.165) is 17.0 Å². The van der Waals surface area contributed by atoms with Gasteiger partial charge in [-0.05, 0) is 43.7 Å². The number of hydrogen-bond donors (Lipinski definition) is 1. The number of imidazole rings is 1. The number of hydrogen-bond acceptors (Lipinski definition) is 3. The standard InChI is InChI=1S/C18H21N3O/c1-13-6-4-9-18-20-17(12-21(13)18)11-19-16-8-5-7-15(10-16)14(2)22-3/h4-10,12,14,19H,11H2,1-3H3/t14-/m1/s1. The number of ether oxygens (including phenoxy) is 1. The first-order valence-corrected chi connectivity index (χ1v) is 7.47. The van der Waals surface area contributed by atoms with Gasteiger partial charge in [0.15, 0.2) is 0 Å². The SMILES string of the molecule is CO[C@H](C)c1cccc(NCc2cn3c(C)cccc3n2)c1. The number of aromatic nitrogens is 2. The molecule has 0 amide bonds. The van der Waals surface area contributed by atoms with E-state index in [9.17, 15) is 0 Å². The van der Waals surface area contributed by atoms with Gasteiger partial charge in [-0.1, -0.05) is 18.2 Å². The van der Waals surface area contributed by atoms with Crippen LogP contribution in [0.4, 0.5) is 5.69 Å². The minimum Gasteiger partial charge on any atom is -0.379 e. The summed E-state index contributed by atoms with van der Waals surface area (Å²) in [5, 5.41) is 3.43. The second-order valence-electron chi connectivity index (χ2n) is 5.48. The van der Waals surface area contributed by atoms with Gasteiger partial charge in [0.1, 0.15) is 5.65 Å². The zero-order valence-electron chi connectivity index (χ0n) is 13.2. The van der Waals surface area contributed by atoms with Crippen LogP contribution in [0.3, 0.4) is 0 Å².